The van der Waals surface area contributed by atoms with Gasteiger partial charge in [0.1, 0.15) is 0 Å². The first-order valence-corrected chi connectivity index (χ1v) is 8.75. The van der Waals surface area contributed by atoms with Gasteiger partial charge in [-0.3, -0.25) is 4.90 Å². The van der Waals surface area contributed by atoms with Gasteiger partial charge in [0.05, 0.1) is 4.90 Å². The minimum atomic E-state index is -3.41. The number of benzene rings is 1. The van der Waals surface area contributed by atoms with Crippen molar-refractivity contribution >= 4 is 10.0 Å². The highest BCUT2D eigenvalue weighted by Crippen LogP contribution is 2.11. The Morgan fingerprint density at radius 3 is 2.10 bits per heavy atom. The third-order valence-corrected chi connectivity index (χ3v) is 5.09. The molecule has 0 amide bonds. The fraction of sp³-hybridized carbons (Fsp3) is 0.600. The van der Waals surface area contributed by atoms with Gasteiger partial charge in [-0.1, -0.05) is 32.9 Å². The van der Waals surface area contributed by atoms with Crippen LogP contribution in [0.15, 0.2) is 29.2 Å². The summed E-state index contributed by atoms with van der Waals surface area (Å²) in [4.78, 5) is 2.56. The molecule has 0 saturated carbocycles. The topological polar surface area (TPSA) is 49.4 Å². The van der Waals surface area contributed by atoms with Crippen LogP contribution in [0.4, 0.5) is 0 Å². The van der Waals surface area contributed by atoms with E-state index >= 15 is 0 Å². The molecule has 20 heavy (non-hydrogen) atoms. The summed E-state index contributed by atoms with van der Waals surface area (Å²) in [6.45, 7) is 10.5. The zero-order chi connectivity index (χ0) is 15.2. The van der Waals surface area contributed by atoms with Crippen LogP contribution in [-0.2, 0) is 16.4 Å². The quantitative estimate of drug-likeness (QED) is 0.801. The van der Waals surface area contributed by atoms with E-state index < -0.39 is 10.0 Å². The van der Waals surface area contributed by atoms with Crippen LogP contribution in [0, 0.1) is 0 Å². The Morgan fingerprint density at radius 2 is 1.65 bits per heavy atom. The summed E-state index contributed by atoms with van der Waals surface area (Å²) in [5, 5.41) is 0. The van der Waals surface area contributed by atoms with E-state index in [2.05, 4.69) is 23.5 Å². The molecule has 0 aliphatic heterocycles. The number of likely N-dealkylation sites (N-methyl/N-ethyl adjacent to an activating group) is 1. The summed E-state index contributed by atoms with van der Waals surface area (Å²) in [6, 6.07) is 7.26. The van der Waals surface area contributed by atoms with Crippen LogP contribution in [0.25, 0.3) is 0 Å². The molecule has 0 fully saturated rings. The van der Waals surface area contributed by atoms with Crippen molar-refractivity contribution in [3.05, 3.63) is 29.8 Å². The predicted molar refractivity (Wildman–Crippen MR) is 83.4 cm³/mol. The van der Waals surface area contributed by atoms with Gasteiger partial charge >= 0.3 is 0 Å². The molecular formula is C15H26N2O2S. The second-order valence-electron chi connectivity index (χ2n) is 4.92. The third-order valence-electron chi connectivity index (χ3n) is 3.65. The SMILES string of the molecule is CCc1ccc(S(=O)(=O)NCC(C)N(CC)CC)cc1. The Morgan fingerprint density at radius 1 is 1.10 bits per heavy atom. The van der Waals surface area contributed by atoms with Crippen LogP contribution < -0.4 is 4.72 Å². The first-order valence-electron chi connectivity index (χ1n) is 7.27. The molecule has 4 nitrogen and oxygen atoms in total. The van der Waals surface area contributed by atoms with Crippen molar-refractivity contribution in [1.29, 1.82) is 0 Å². The summed E-state index contributed by atoms with van der Waals surface area (Å²) in [5.74, 6) is 0. The monoisotopic (exact) mass is 298 g/mol. The molecule has 0 bridgehead atoms. The van der Waals surface area contributed by atoms with Crippen LogP contribution in [0.3, 0.4) is 0 Å². The Balaban J connectivity index is 2.69. The Labute approximate surface area is 123 Å². The van der Waals surface area contributed by atoms with E-state index in [4.69, 9.17) is 0 Å². The van der Waals surface area contributed by atoms with Crippen molar-refractivity contribution in [2.24, 2.45) is 0 Å². The molecule has 0 saturated heterocycles. The minimum Gasteiger partial charge on any atom is -0.300 e. The first kappa shape index (κ1) is 17.1. The zero-order valence-corrected chi connectivity index (χ0v) is 13.7. The molecule has 1 atom stereocenters. The highest BCUT2D eigenvalue weighted by Gasteiger charge is 2.17. The maximum absolute atomic E-state index is 12.2. The fourth-order valence-electron chi connectivity index (χ4n) is 2.19. The van der Waals surface area contributed by atoms with E-state index in [9.17, 15) is 8.42 Å². The van der Waals surface area contributed by atoms with Crippen LogP contribution in [0.2, 0.25) is 0 Å². The van der Waals surface area contributed by atoms with Crippen molar-refractivity contribution in [2.75, 3.05) is 19.6 Å². The maximum atomic E-state index is 12.2. The van der Waals surface area contributed by atoms with Gasteiger partial charge in [-0.25, -0.2) is 13.1 Å². The number of sulfonamides is 1. The molecule has 5 heteroatoms. The molecule has 0 aliphatic carbocycles. The van der Waals surface area contributed by atoms with E-state index in [0.29, 0.717) is 11.4 Å². The van der Waals surface area contributed by atoms with E-state index in [0.717, 1.165) is 25.1 Å². The van der Waals surface area contributed by atoms with Crippen molar-refractivity contribution < 1.29 is 8.42 Å². The lowest BCUT2D eigenvalue weighted by atomic mass is 10.2. The van der Waals surface area contributed by atoms with Crippen LogP contribution in [-0.4, -0.2) is 39.0 Å². The average molecular weight is 298 g/mol. The highest BCUT2D eigenvalue weighted by atomic mass is 32.2. The predicted octanol–water partition coefficient (Wildman–Crippen LogP) is 2.26. The van der Waals surface area contributed by atoms with Gasteiger partial charge in [-0.15, -0.1) is 0 Å². The van der Waals surface area contributed by atoms with Gasteiger partial charge in [0, 0.05) is 12.6 Å². The summed E-state index contributed by atoms with van der Waals surface area (Å²) >= 11 is 0. The molecule has 1 aromatic rings. The molecule has 1 aromatic carbocycles. The standard InChI is InChI=1S/C15H26N2O2S/c1-5-14-8-10-15(11-9-14)20(18,19)16-12-13(4)17(6-2)7-3/h8-11,13,16H,5-7,12H2,1-4H3. The van der Waals surface area contributed by atoms with Gasteiger partial charge in [-0.05, 0) is 44.1 Å². The Bertz CT molecular complexity index is 493. The lowest BCUT2D eigenvalue weighted by Gasteiger charge is -2.26. The van der Waals surface area contributed by atoms with Crippen molar-refractivity contribution in [3.8, 4) is 0 Å². The van der Waals surface area contributed by atoms with Gasteiger partial charge < -0.3 is 0 Å². The summed E-state index contributed by atoms with van der Waals surface area (Å²) in [6.07, 6.45) is 0.909. The molecule has 0 heterocycles. The second kappa shape index (κ2) is 7.76. The molecule has 1 unspecified atom stereocenters. The highest BCUT2D eigenvalue weighted by molar-refractivity contribution is 7.89. The number of nitrogens with one attached hydrogen (secondary N) is 1. The van der Waals surface area contributed by atoms with E-state index in [-0.39, 0.29) is 6.04 Å². The molecule has 1 rings (SSSR count). The van der Waals surface area contributed by atoms with Gasteiger partial charge in [0.15, 0.2) is 0 Å². The van der Waals surface area contributed by atoms with E-state index in [1.54, 1.807) is 12.1 Å². The average Bonchev–Trinajstić information content (AvgIpc) is 2.46. The third kappa shape index (κ3) is 4.58. The molecule has 0 aromatic heterocycles. The summed E-state index contributed by atoms with van der Waals surface area (Å²) in [5.41, 5.74) is 1.14. The molecule has 0 aliphatic rings. The second-order valence-corrected chi connectivity index (χ2v) is 6.69. The molecular weight excluding hydrogens is 272 g/mol. The van der Waals surface area contributed by atoms with E-state index in [1.807, 2.05) is 26.0 Å². The number of hydrogen-bond donors (Lipinski definition) is 1. The number of rotatable bonds is 8. The van der Waals surface area contributed by atoms with Crippen LogP contribution in [0.1, 0.15) is 33.3 Å². The zero-order valence-electron chi connectivity index (χ0n) is 12.9. The van der Waals surface area contributed by atoms with E-state index in [1.165, 1.54) is 0 Å². The fourth-order valence-corrected chi connectivity index (χ4v) is 3.32. The molecule has 0 spiro atoms. The van der Waals surface area contributed by atoms with Gasteiger partial charge in [0.2, 0.25) is 10.0 Å². The van der Waals surface area contributed by atoms with Crippen LogP contribution in [0.5, 0.6) is 0 Å². The maximum Gasteiger partial charge on any atom is 0.240 e. The normalized spacial score (nSPS) is 13.7. The summed E-state index contributed by atoms with van der Waals surface area (Å²) < 4.78 is 27.1. The Hall–Kier alpha value is -0.910. The molecule has 114 valence electrons. The lowest BCUT2D eigenvalue weighted by Crippen LogP contribution is -2.41. The number of nitrogens with zero attached hydrogens (tertiary/aromatic N) is 1. The number of hydrogen-bond acceptors (Lipinski definition) is 3. The first-order chi connectivity index (χ1) is 9.44. The number of aryl methyl sites for hydroxylation is 1. The van der Waals surface area contributed by atoms with Crippen LogP contribution >= 0.6 is 0 Å². The van der Waals surface area contributed by atoms with Gasteiger partial charge in [0.25, 0.3) is 0 Å². The molecule has 1 N–H and O–H groups in total. The molecule has 0 radical (unpaired) electrons. The summed E-state index contributed by atoms with van der Waals surface area (Å²) in [7, 11) is -3.41. The largest absolute Gasteiger partial charge is 0.300 e. The lowest BCUT2D eigenvalue weighted by molar-refractivity contribution is 0.232. The minimum absolute atomic E-state index is 0.190. The van der Waals surface area contributed by atoms with Gasteiger partial charge in [-0.2, -0.15) is 0 Å². The smallest absolute Gasteiger partial charge is 0.240 e. The van der Waals surface area contributed by atoms with Crippen molar-refractivity contribution in [2.45, 2.75) is 45.1 Å². The van der Waals surface area contributed by atoms with Crippen molar-refractivity contribution in [1.82, 2.24) is 9.62 Å². The van der Waals surface area contributed by atoms with Crippen molar-refractivity contribution in [3.63, 3.8) is 0 Å². The Kier molecular flexibility index (Phi) is 6.65.